The van der Waals surface area contributed by atoms with Gasteiger partial charge < -0.3 is 24.5 Å². The normalized spacial score (nSPS) is 29.7. The minimum Gasteiger partial charge on any atom is -0.394 e. The average Bonchev–Trinajstić information content (AvgIpc) is 3.53. The third-order valence-corrected chi connectivity index (χ3v) is 9.23. The van der Waals surface area contributed by atoms with Gasteiger partial charge >= 0.3 is 0 Å². The third-order valence-electron chi connectivity index (χ3n) is 8.39. The summed E-state index contributed by atoms with van der Waals surface area (Å²) in [6, 6.07) is 8.01. The number of unbranched alkanes of at least 4 members (excludes halogenated alkanes) is 1. The summed E-state index contributed by atoms with van der Waals surface area (Å²) in [5.41, 5.74) is -0.223. The molecule has 3 fully saturated rings. The Kier molecular flexibility index (Phi) is 9.34. The molecule has 7 atom stereocenters. The molecule has 1 spiro atoms. The Morgan fingerprint density at radius 3 is 2.54 bits per heavy atom. The lowest BCUT2D eigenvalue weighted by Crippen LogP contribution is -2.59. The van der Waals surface area contributed by atoms with Gasteiger partial charge in [0.1, 0.15) is 11.6 Å². The van der Waals surface area contributed by atoms with Crippen molar-refractivity contribution in [1.29, 1.82) is 0 Å². The number of hydrogen-bond acceptors (Lipinski definition) is 5. The highest BCUT2D eigenvalue weighted by atomic mass is 79.9. The maximum absolute atomic E-state index is 14.4. The van der Waals surface area contributed by atoms with Crippen molar-refractivity contribution in [2.45, 2.75) is 61.2 Å². The van der Waals surface area contributed by atoms with Crippen molar-refractivity contribution < 1.29 is 24.2 Å². The molecule has 3 aliphatic rings. The van der Waals surface area contributed by atoms with Crippen LogP contribution in [0.25, 0.3) is 0 Å². The molecule has 3 amide bonds. The standard InChI is InChI=1S/C30H40BrN3O5/c1-5-8-16-33(15-7-3)29(38)26-30-18-22(31)25(39-30)23(27(36)32(4)14-6-2)24(30)28(37)34(26)21(19-35)17-20-12-10-9-11-13-20/h6-7,9-13,21-26,35H,2-3,5,8,14-19H2,1,4H3/t21-,22?,23+,24+,25+,26?,30?/m1/s1. The van der Waals surface area contributed by atoms with E-state index in [0.29, 0.717) is 32.5 Å². The van der Waals surface area contributed by atoms with Gasteiger partial charge in [-0.25, -0.2) is 0 Å². The molecule has 0 aliphatic carbocycles. The first-order valence-corrected chi connectivity index (χ1v) is 14.7. The van der Waals surface area contributed by atoms with Crippen LogP contribution in [0.5, 0.6) is 0 Å². The number of hydrogen-bond donors (Lipinski definition) is 1. The summed E-state index contributed by atoms with van der Waals surface area (Å²) < 4.78 is 6.63. The molecule has 212 valence electrons. The second-order valence-corrected chi connectivity index (χ2v) is 12.0. The van der Waals surface area contributed by atoms with Crippen LogP contribution < -0.4 is 0 Å². The topological polar surface area (TPSA) is 90.4 Å². The monoisotopic (exact) mass is 601 g/mol. The molecule has 9 heteroatoms. The van der Waals surface area contributed by atoms with E-state index >= 15 is 0 Å². The van der Waals surface area contributed by atoms with E-state index in [1.165, 1.54) is 0 Å². The molecule has 39 heavy (non-hydrogen) atoms. The van der Waals surface area contributed by atoms with Crippen molar-refractivity contribution in [3.8, 4) is 0 Å². The predicted molar refractivity (Wildman–Crippen MR) is 153 cm³/mol. The number of halogens is 1. The Balaban J connectivity index is 1.80. The molecule has 3 aliphatic heterocycles. The summed E-state index contributed by atoms with van der Waals surface area (Å²) in [6.45, 7) is 10.5. The van der Waals surface area contributed by atoms with E-state index in [0.717, 1.165) is 18.4 Å². The number of likely N-dealkylation sites (tertiary alicyclic amines) is 1. The molecular weight excluding hydrogens is 562 g/mol. The van der Waals surface area contributed by atoms with Crippen molar-refractivity contribution in [2.24, 2.45) is 11.8 Å². The predicted octanol–water partition coefficient (Wildman–Crippen LogP) is 2.80. The number of benzene rings is 1. The number of nitrogens with zero attached hydrogens (tertiary/aromatic N) is 3. The number of ether oxygens (including phenoxy) is 1. The highest BCUT2D eigenvalue weighted by Crippen LogP contribution is 2.60. The largest absolute Gasteiger partial charge is 0.394 e. The SMILES string of the molecule is C=CCN(C)C(=O)[C@H]1[C@H]2C(=O)N([C@@H](CO)Cc3ccccc3)C(C(=O)N(CC=C)CCCC)C23CC(Br)[C@@H]1O3. The van der Waals surface area contributed by atoms with Crippen molar-refractivity contribution in [1.82, 2.24) is 14.7 Å². The second-order valence-electron chi connectivity index (χ2n) is 10.9. The van der Waals surface area contributed by atoms with Crippen LogP contribution in [0, 0.1) is 11.8 Å². The van der Waals surface area contributed by atoms with Crippen molar-refractivity contribution in [3.05, 3.63) is 61.2 Å². The highest BCUT2D eigenvalue weighted by molar-refractivity contribution is 9.09. The molecule has 0 saturated carbocycles. The van der Waals surface area contributed by atoms with Crippen molar-refractivity contribution in [3.63, 3.8) is 0 Å². The number of fused-ring (bicyclic) bond motifs is 1. The molecular formula is C30H40BrN3O5. The first-order valence-electron chi connectivity index (χ1n) is 13.8. The van der Waals surface area contributed by atoms with Gasteiger partial charge in [0.25, 0.3) is 0 Å². The number of alkyl halides is 1. The van der Waals surface area contributed by atoms with E-state index < -0.39 is 35.6 Å². The molecule has 1 N–H and O–H groups in total. The number of aliphatic hydroxyl groups excluding tert-OH is 1. The molecule has 3 saturated heterocycles. The van der Waals surface area contributed by atoms with Gasteiger partial charge in [0, 0.05) is 31.5 Å². The number of aliphatic hydroxyl groups is 1. The molecule has 1 aromatic rings. The molecule has 3 unspecified atom stereocenters. The first kappa shape index (κ1) is 29.5. The fourth-order valence-corrected chi connectivity index (χ4v) is 7.61. The summed E-state index contributed by atoms with van der Waals surface area (Å²) >= 11 is 3.72. The van der Waals surface area contributed by atoms with E-state index in [1.807, 2.05) is 30.3 Å². The fourth-order valence-electron chi connectivity index (χ4n) is 6.67. The van der Waals surface area contributed by atoms with Gasteiger partial charge in [-0.05, 0) is 24.8 Å². The number of carbonyl (C=O) groups is 3. The third kappa shape index (κ3) is 5.21. The quantitative estimate of drug-likeness (QED) is 0.277. The van der Waals surface area contributed by atoms with Gasteiger partial charge in [-0.1, -0.05) is 71.8 Å². The molecule has 1 aromatic carbocycles. The maximum Gasteiger partial charge on any atom is 0.248 e. The van der Waals surface area contributed by atoms with Gasteiger partial charge in [0.05, 0.1) is 30.6 Å². The highest BCUT2D eigenvalue weighted by Gasteiger charge is 2.77. The van der Waals surface area contributed by atoms with Crippen LogP contribution >= 0.6 is 15.9 Å². The van der Waals surface area contributed by atoms with Gasteiger partial charge in [0.2, 0.25) is 17.7 Å². The van der Waals surface area contributed by atoms with E-state index in [2.05, 4.69) is 36.0 Å². The zero-order valence-electron chi connectivity index (χ0n) is 22.9. The van der Waals surface area contributed by atoms with E-state index in [4.69, 9.17) is 4.74 Å². The molecule has 0 aromatic heterocycles. The van der Waals surface area contributed by atoms with E-state index in [-0.39, 0.29) is 29.2 Å². The lowest BCUT2D eigenvalue weighted by Gasteiger charge is -2.39. The summed E-state index contributed by atoms with van der Waals surface area (Å²) in [4.78, 5) is 47.2. The van der Waals surface area contributed by atoms with Gasteiger partial charge in [0.15, 0.2) is 0 Å². The molecule has 2 bridgehead atoms. The summed E-state index contributed by atoms with van der Waals surface area (Å²) in [5.74, 6) is -2.27. The Hall–Kier alpha value is -2.49. The molecule has 8 nitrogen and oxygen atoms in total. The summed E-state index contributed by atoms with van der Waals surface area (Å²) in [6.07, 6.45) is 5.32. The zero-order valence-corrected chi connectivity index (χ0v) is 24.5. The Bertz CT molecular complexity index is 1080. The van der Waals surface area contributed by atoms with Crippen molar-refractivity contribution >= 4 is 33.7 Å². The fraction of sp³-hybridized carbons (Fsp3) is 0.567. The first-order chi connectivity index (χ1) is 18.7. The van der Waals surface area contributed by atoms with Gasteiger partial charge in [-0.3, -0.25) is 14.4 Å². The van der Waals surface area contributed by atoms with E-state index in [1.54, 1.807) is 33.9 Å². The zero-order chi connectivity index (χ0) is 28.3. The second kappa shape index (κ2) is 12.4. The minimum absolute atomic E-state index is 0.187. The number of likely N-dealkylation sites (N-methyl/N-ethyl adjacent to an activating group) is 1. The van der Waals surface area contributed by atoms with Gasteiger partial charge in [-0.15, -0.1) is 13.2 Å². The Morgan fingerprint density at radius 1 is 1.23 bits per heavy atom. The lowest BCUT2D eigenvalue weighted by atomic mass is 9.70. The molecule has 3 heterocycles. The smallest absolute Gasteiger partial charge is 0.248 e. The number of rotatable bonds is 13. The van der Waals surface area contributed by atoms with Crippen LogP contribution in [0.15, 0.2) is 55.6 Å². The summed E-state index contributed by atoms with van der Waals surface area (Å²) in [7, 11) is 1.69. The number of amides is 3. The maximum atomic E-state index is 14.4. The van der Waals surface area contributed by atoms with Crippen LogP contribution in [0.1, 0.15) is 31.7 Å². The molecule has 0 radical (unpaired) electrons. The van der Waals surface area contributed by atoms with E-state index in [9.17, 15) is 19.5 Å². The minimum atomic E-state index is -1.17. The van der Waals surface area contributed by atoms with Crippen LogP contribution in [0.3, 0.4) is 0 Å². The summed E-state index contributed by atoms with van der Waals surface area (Å²) in [5, 5.41) is 10.6. The van der Waals surface area contributed by atoms with Crippen LogP contribution in [0.4, 0.5) is 0 Å². The van der Waals surface area contributed by atoms with Crippen LogP contribution in [-0.2, 0) is 25.5 Å². The van der Waals surface area contributed by atoms with Gasteiger partial charge in [-0.2, -0.15) is 0 Å². The van der Waals surface area contributed by atoms with Crippen LogP contribution in [0.2, 0.25) is 0 Å². The van der Waals surface area contributed by atoms with Crippen molar-refractivity contribution in [2.75, 3.05) is 33.3 Å². The molecule has 4 rings (SSSR count). The lowest BCUT2D eigenvalue weighted by molar-refractivity contribution is -0.151. The Morgan fingerprint density at radius 2 is 1.92 bits per heavy atom. The van der Waals surface area contributed by atoms with Crippen LogP contribution in [-0.4, -0.2) is 99.4 Å². The average molecular weight is 603 g/mol. The number of carbonyl (C=O) groups excluding carboxylic acids is 3. The Labute approximate surface area is 239 Å².